The maximum atomic E-state index is 11.8. The van der Waals surface area contributed by atoms with Crippen LogP contribution >= 0.6 is 23.1 Å². The van der Waals surface area contributed by atoms with Gasteiger partial charge in [0.05, 0.1) is 5.75 Å². The molecule has 0 spiro atoms. The van der Waals surface area contributed by atoms with Crippen molar-refractivity contribution in [1.82, 2.24) is 20.8 Å². The van der Waals surface area contributed by atoms with Gasteiger partial charge in [-0.25, -0.2) is 4.79 Å². The van der Waals surface area contributed by atoms with Crippen molar-refractivity contribution in [1.29, 1.82) is 0 Å². The minimum absolute atomic E-state index is 0.169. The zero-order valence-corrected chi connectivity index (χ0v) is 12.9. The molecule has 2 rings (SSSR count). The molecule has 0 bridgehead atoms. The molecule has 2 N–H and O–H groups in total. The molecule has 110 valence electrons. The first-order chi connectivity index (χ1) is 9.65. The molecule has 0 aromatic carbocycles. The lowest BCUT2D eigenvalue weighted by molar-refractivity contribution is -0.117. The number of nitrogens with one attached hydrogen (secondary N) is 2. The lowest BCUT2D eigenvalue weighted by Gasteiger charge is -2.29. The summed E-state index contributed by atoms with van der Waals surface area (Å²) in [5.41, 5.74) is 1.61. The second-order valence-corrected chi connectivity index (χ2v) is 6.94. The van der Waals surface area contributed by atoms with Crippen molar-refractivity contribution in [2.45, 2.75) is 43.0 Å². The fourth-order valence-electron chi connectivity index (χ4n) is 2.25. The molecule has 20 heavy (non-hydrogen) atoms. The summed E-state index contributed by atoms with van der Waals surface area (Å²) < 4.78 is 0.724. The van der Waals surface area contributed by atoms with E-state index in [0.29, 0.717) is 5.92 Å². The number of carbonyl (C=O) groups is 2. The first-order valence-corrected chi connectivity index (χ1v) is 8.51. The number of rotatable bonds is 4. The molecular weight excluding hydrogens is 296 g/mol. The summed E-state index contributed by atoms with van der Waals surface area (Å²) in [6.45, 7) is 2.14. The summed E-state index contributed by atoms with van der Waals surface area (Å²) in [5, 5.41) is 12.7. The van der Waals surface area contributed by atoms with Gasteiger partial charge in [-0.15, -0.1) is 10.2 Å². The standard InChI is InChI=1S/C12H18N4O2S2/c1-8-4-2-3-5-9(8)14-11(18)15-10(17)6-19-12-16-13-7-20-12/h7-9H,2-6H2,1H3,(H2,14,15,17,18)/t8-,9+/m0/s1. The van der Waals surface area contributed by atoms with Gasteiger partial charge in [0, 0.05) is 6.04 Å². The van der Waals surface area contributed by atoms with Crippen LogP contribution in [-0.2, 0) is 4.79 Å². The Balaban J connectivity index is 1.69. The molecule has 2 atom stereocenters. The van der Waals surface area contributed by atoms with Gasteiger partial charge in [0.15, 0.2) is 4.34 Å². The molecule has 1 aliphatic rings. The molecule has 1 fully saturated rings. The second kappa shape index (κ2) is 7.58. The van der Waals surface area contributed by atoms with Crippen molar-refractivity contribution >= 4 is 35.0 Å². The van der Waals surface area contributed by atoms with E-state index in [9.17, 15) is 9.59 Å². The van der Waals surface area contributed by atoms with E-state index in [1.807, 2.05) is 0 Å². The van der Waals surface area contributed by atoms with Crippen molar-refractivity contribution < 1.29 is 9.59 Å². The van der Waals surface area contributed by atoms with Crippen molar-refractivity contribution in [3.63, 3.8) is 0 Å². The average molecular weight is 314 g/mol. The monoisotopic (exact) mass is 314 g/mol. The highest BCUT2D eigenvalue weighted by Crippen LogP contribution is 2.23. The third kappa shape index (κ3) is 4.75. The van der Waals surface area contributed by atoms with Gasteiger partial charge in [0.2, 0.25) is 5.91 Å². The van der Waals surface area contributed by atoms with Gasteiger partial charge in [0.25, 0.3) is 0 Å². The van der Waals surface area contributed by atoms with Crippen LogP contribution in [0, 0.1) is 5.92 Å². The maximum absolute atomic E-state index is 11.8. The Morgan fingerprint density at radius 2 is 2.25 bits per heavy atom. The van der Waals surface area contributed by atoms with Crippen LogP contribution in [0.25, 0.3) is 0 Å². The Kier molecular flexibility index (Phi) is 5.78. The summed E-state index contributed by atoms with van der Waals surface area (Å²) in [6.07, 6.45) is 4.47. The molecule has 1 aromatic rings. The van der Waals surface area contributed by atoms with E-state index in [2.05, 4.69) is 27.8 Å². The SMILES string of the molecule is C[C@H]1CCCC[C@H]1NC(=O)NC(=O)CSc1nncs1. The van der Waals surface area contributed by atoms with Gasteiger partial charge >= 0.3 is 6.03 Å². The Bertz CT molecular complexity index is 452. The zero-order valence-electron chi connectivity index (χ0n) is 11.3. The van der Waals surface area contributed by atoms with Crippen LogP contribution in [0.15, 0.2) is 9.85 Å². The molecule has 6 nitrogen and oxygen atoms in total. The van der Waals surface area contributed by atoms with Crippen molar-refractivity contribution in [2.24, 2.45) is 5.92 Å². The van der Waals surface area contributed by atoms with Crippen LogP contribution in [0.1, 0.15) is 32.6 Å². The van der Waals surface area contributed by atoms with Gasteiger partial charge in [-0.1, -0.05) is 42.9 Å². The molecule has 0 saturated heterocycles. The maximum Gasteiger partial charge on any atom is 0.321 e. The molecule has 1 heterocycles. The first kappa shape index (κ1) is 15.2. The Labute approximate surface area is 126 Å². The van der Waals surface area contributed by atoms with E-state index >= 15 is 0 Å². The van der Waals surface area contributed by atoms with Crippen LogP contribution in [-0.4, -0.2) is 33.9 Å². The largest absolute Gasteiger partial charge is 0.335 e. The van der Waals surface area contributed by atoms with Crippen molar-refractivity contribution in [3.05, 3.63) is 5.51 Å². The minimum atomic E-state index is -0.397. The van der Waals surface area contributed by atoms with Gasteiger partial charge in [-0.05, 0) is 18.8 Å². The lowest BCUT2D eigenvalue weighted by Crippen LogP contribution is -2.48. The lowest BCUT2D eigenvalue weighted by atomic mass is 9.86. The summed E-state index contributed by atoms with van der Waals surface area (Å²) in [4.78, 5) is 23.4. The molecule has 1 saturated carbocycles. The number of amides is 3. The van der Waals surface area contributed by atoms with Gasteiger partial charge in [-0.3, -0.25) is 10.1 Å². The Morgan fingerprint density at radius 1 is 1.45 bits per heavy atom. The average Bonchev–Trinajstić information content (AvgIpc) is 2.92. The molecular formula is C12H18N4O2S2. The Morgan fingerprint density at radius 3 is 2.95 bits per heavy atom. The molecule has 8 heteroatoms. The third-order valence-corrected chi connectivity index (χ3v) is 5.21. The predicted molar refractivity (Wildman–Crippen MR) is 78.7 cm³/mol. The van der Waals surface area contributed by atoms with E-state index in [0.717, 1.165) is 23.6 Å². The van der Waals surface area contributed by atoms with E-state index in [1.54, 1.807) is 5.51 Å². The number of thioether (sulfide) groups is 1. The van der Waals surface area contributed by atoms with E-state index < -0.39 is 6.03 Å². The van der Waals surface area contributed by atoms with E-state index in [1.165, 1.54) is 29.5 Å². The van der Waals surface area contributed by atoms with Crippen molar-refractivity contribution in [2.75, 3.05) is 5.75 Å². The normalized spacial score (nSPS) is 22.2. The molecule has 1 aromatic heterocycles. The highest BCUT2D eigenvalue weighted by Gasteiger charge is 2.23. The topological polar surface area (TPSA) is 84.0 Å². The number of hydrogen-bond acceptors (Lipinski definition) is 6. The minimum Gasteiger partial charge on any atom is -0.335 e. The number of urea groups is 1. The molecule has 1 aliphatic carbocycles. The summed E-state index contributed by atoms with van der Waals surface area (Å²) in [6, 6.07) is -0.223. The van der Waals surface area contributed by atoms with Gasteiger partial charge < -0.3 is 5.32 Å². The van der Waals surface area contributed by atoms with Crippen LogP contribution in [0.4, 0.5) is 4.79 Å². The molecule has 0 aliphatic heterocycles. The smallest absolute Gasteiger partial charge is 0.321 e. The molecule has 3 amide bonds. The first-order valence-electron chi connectivity index (χ1n) is 6.64. The van der Waals surface area contributed by atoms with E-state index in [-0.39, 0.29) is 17.7 Å². The highest BCUT2D eigenvalue weighted by atomic mass is 32.2. The number of imide groups is 1. The van der Waals surface area contributed by atoms with Gasteiger partial charge in [-0.2, -0.15) is 0 Å². The third-order valence-electron chi connectivity index (χ3n) is 3.35. The number of carbonyl (C=O) groups excluding carboxylic acids is 2. The van der Waals surface area contributed by atoms with Crippen LogP contribution in [0.5, 0.6) is 0 Å². The van der Waals surface area contributed by atoms with Crippen LogP contribution in [0.2, 0.25) is 0 Å². The number of aromatic nitrogens is 2. The molecule has 0 unspecified atom stereocenters. The van der Waals surface area contributed by atoms with Crippen LogP contribution < -0.4 is 10.6 Å². The summed E-state index contributed by atoms with van der Waals surface area (Å²) in [7, 11) is 0. The Hall–Kier alpha value is -1.15. The van der Waals surface area contributed by atoms with Crippen molar-refractivity contribution in [3.8, 4) is 0 Å². The fourth-order valence-corrected chi connectivity index (χ4v) is 3.54. The van der Waals surface area contributed by atoms with E-state index in [4.69, 9.17) is 0 Å². The quantitative estimate of drug-likeness (QED) is 0.831. The number of nitrogens with zero attached hydrogens (tertiary/aromatic N) is 2. The summed E-state index contributed by atoms with van der Waals surface area (Å²) >= 11 is 2.65. The fraction of sp³-hybridized carbons (Fsp3) is 0.667. The van der Waals surface area contributed by atoms with Gasteiger partial charge in [0.1, 0.15) is 5.51 Å². The predicted octanol–water partition coefficient (Wildman–Crippen LogP) is 2.03. The summed E-state index contributed by atoms with van der Waals surface area (Å²) in [5.74, 6) is 0.328. The number of hydrogen-bond donors (Lipinski definition) is 2. The van der Waals surface area contributed by atoms with Crippen LogP contribution in [0.3, 0.4) is 0 Å². The zero-order chi connectivity index (χ0) is 14.4. The second-order valence-electron chi connectivity index (χ2n) is 4.88. The highest BCUT2D eigenvalue weighted by molar-refractivity contribution is 8.01. The molecule has 0 radical (unpaired) electrons.